The molecular formula is C21H22FN3O3S. The van der Waals surface area contributed by atoms with Gasteiger partial charge in [-0.05, 0) is 42.0 Å². The van der Waals surface area contributed by atoms with Crippen molar-refractivity contribution in [2.75, 3.05) is 20.2 Å². The van der Waals surface area contributed by atoms with E-state index < -0.39 is 0 Å². The lowest BCUT2D eigenvalue weighted by Gasteiger charge is -2.32. The smallest absolute Gasteiger partial charge is 0.273 e. The van der Waals surface area contributed by atoms with E-state index in [1.807, 2.05) is 23.6 Å². The molecule has 0 saturated carbocycles. The number of halogens is 1. The van der Waals surface area contributed by atoms with Crippen molar-refractivity contribution in [2.45, 2.75) is 25.4 Å². The van der Waals surface area contributed by atoms with Gasteiger partial charge in [0.05, 0.1) is 12.0 Å². The Morgan fingerprint density at radius 1 is 1.34 bits per heavy atom. The molecule has 0 unspecified atom stereocenters. The van der Waals surface area contributed by atoms with Crippen LogP contribution >= 0.6 is 11.3 Å². The van der Waals surface area contributed by atoms with Crippen molar-refractivity contribution in [1.29, 1.82) is 0 Å². The van der Waals surface area contributed by atoms with Crippen LogP contribution in [-0.4, -0.2) is 42.2 Å². The number of carbonyl (C=O) groups excluding carboxylic acids is 1. The van der Waals surface area contributed by atoms with Gasteiger partial charge in [-0.3, -0.25) is 9.69 Å². The number of piperidine rings is 1. The van der Waals surface area contributed by atoms with Crippen molar-refractivity contribution in [1.82, 2.24) is 15.4 Å². The van der Waals surface area contributed by atoms with Crippen LogP contribution in [0.4, 0.5) is 4.39 Å². The number of likely N-dealkylation sites (tertiary alicyclic amines) is 1. The molecule has 0 radical (unpaired) electrons. The number of methoxy groups -OCH3 is 1. The minimum absolute atomic E-state index is 0.0910. The largest absolute Gasteiger partial charge is 0.494 e. The van der Waals surface area contributed by atoms with Crippen LogP contribution in [-0.2, 0) is 6.54 Å². The number of amides is 1. The van der Waals surface area contributed by atoms with E-state index in [0.29, 0.717) is 18.0 Å². The van der Waals surface area contributed by atoms with Crippen LogP contribution in [0.1, 0.15) is 28.9 Å². The lowest BCUT2D eigenvalue weighted by molar-refractivity contribution is 0.0900. The summed E-state index contributed by atoms with van der Waals surface area (Å²) in [6, 6.07) is 10.7. The summed E-state index contributed by atoms with van der Waals surface area (Å²) in [5.41, 5.74) is 1.21. The third kappa shape index (κ3) is 4.65. The zero-order valence-corrected chi connectivity index (χ0v) is 16.9. The Bertz CT molecular complexity index is 965. The van der Waals surface area contributed by atoms with E-state index in [1.165, 1.54) is 24.5 Å². The fourth-order valence-electron chi connectivity index (χ4n) is 3.48. The maximum absolute atomic E-state index is 13.9. The summed E-state index contributed by atoms with van der Waals surface area (Å²) in [4.78, 5) is 15.7. The van der Waals surface area contributed by atoms with Crippen LogP contribution in [0, 0.1) is 5.82 Å². The summed E-state index contributed by atoms with van der Waals surface area (Å²) in [6.07, 6.45) is 1.67. The second kappa shape index (κ2) is 8.75. The van der Waals surface area contributed by atoms with Gasteiger partial charge in [-0.1, -0.05) is 17.3 Å². The van der Waals surface area contributed by atoms with Gasteiger partial charge in [0, 0.05) is 31.7 Å². The standard InChI is InChI=1S/C21H22FN3O3S/c1-27-18-5-4-14(11-16(18)22)13-25-8-6-15(7-9-25)23-21(26)17-12-19(28-24-17)20-3-2-10-29-20/h2-5,10-12,15H,6-9,13H2,1H3,(H,23,26). The van der Waals surface area contributed by atoms with Crippen LogP contribution in [0.15, 0.2) is 46.3 Å². The molecule has 1 aliphatic rings. The Morgan fingerprint density at radius 2 is 2.17 bits per heavy atom. The predicted molar refractivity (Wildman–Crippen MR) is 109 cm³/mol. The molecule has 3 heterocycles. The van der Waals surface area contributed by atoms with Crippen molar-refractivity contribution < 1.29 is 18.4 Å². The Balaban J connectivity index is 1.27. The number of thiophene rings is 1. The number of nitrogens with zero attached hydrogens (tertiary/aromatic N) is 2. The number of nitrogens with one attached hydrogen (secondary N) is 1. The Kier molecular flexibility index (Phi) is 5.92. The van der Waals surface area contributed by atoms with Crippen LogP contribution in [0.3, 0.4) is 0 Å². The first-order valence-electron chi connectivity index (χ1n) is 9.48. The molecule has 2 aromatic heterocycles. The SMILES string of the molecule is COc1ccc(CN2CCC(NC(=O)c3cc(-c4cccs4)on3)CC2)cc1F. The van der Waals surface area contributed by atoms with Crippen molar-refractivity contribution in [2.24, 2.45) is 0 Å². The van der Waals surface area contributed by atoms with Gasteiger partial charge < -0.3 is 14.6 Å². The molecule has 1 aromatic carbocycles. The van der Waals surface area contributed by atoms with Crippen molar-refractivity contribution >= 4 is 17.2 Å². The molecule has 1 aliphatic heterocycles. The Hall–Kier alpha value is -2.71. The molecule has 0 aliphatic carbocycles. The summed E-state index contributed by atoms with van der Waals surface area (Å²) in [7, 11) is 1.46. The monoisotopic (exact) mass is 415 g/mol. The summed E-state index contributed by atoms with van der Waals surface area (Å²) in [5, 5.41) is 8.89. The second-order valence-corrected chi connectivity index (χ2v) is 7.99. The molecule has 0 atom stereocenters. The van der Waals surface area contributed by atoms with Gasteiger partial charge in [-0.25, -0.2) is 4.39 Å². The predicted octanol–water partition coefficient (Wildman–Crippen LogP) is 3.95. The molecular weight excluding hydrogens is 393 g/mol. The quantitative estimate of drug-likeness (QED) is 0.660. The van der Waals surface area contributed by atoms with Gasteiger partial charge in [0.1, 0.15) is 0 Å². The van der Waals surface area contributed by atoms with Gasteiger partial charge in [-0.2, -0.15) is 0 Å². The van der Waals surface area contributed by atoms with E-state index >= 15 is 0 Å². The van der Waals surface area contributed by atoms with E-state index in [0.717, 1.165) is 36.4 Å². The summed E-state index contributed by atoms with van der Waals surface area (Å²) < 4.78 is 24.1. The molecule has 1 fully saturated rings. The van der Waals surface area contributed by atoms with Gasteiger partial charge in [0.15, 0.2) is 23.0 Å². The zero-order chi connectivity index (χ0) is 20.2. The maximum atomic E-state index is 13.9. The topological polar surface area (TPSA) is 67.6 Å². The van der Waals surface area contributed by atoms with Crippen LogP contribution in [0.25, 0.3) is 10.6 Å². The van der Waals surface area contributed by atoms with E-state index in [9.17, 15) is 9.18 Å². The molecule has 1 N–H and O–H groups in total. The van der Waals surface area contributed by atoms with Crippen LogP contribution < -0.4 is 10.1 Å². The van der Waals surface area contributed by atoms with Gasteiger partial charge >= 0.3 is 0 Å². The number of ether oxygens (including phenoxy) is 1. The van der Waals surface area contributed by atoms with Gasteiger partial charge in [-0.15, -0.1) is 11.3 Å². The van der Waals surface area contributed by atoms with E-state index in [4.69, 9.17) is 9.26 Å². The van der Waals surface area contributed by atoms with E-state index in [-0.39, 0.29) is 23.5 Å². The number of benzene rings is 1. The highest BCUT2D eigenvalue weighted by atomic mass is 32.1. The molecule has 4 rings (SSSR count). The molecule has 29 heavy (non-hydrogen) atoms. The first-order chi connectivity index (χ1) is 14.1. The first-order valence-corrected chi connectivity index (χ1v) is 10.4. The lowest BCUT2D eigenvalue weighted by atomic mass is 10.0. The maximum Gasteiger partial charge on any atom is 0.273 e. The van der Waals surface area contributed by atoms with E-state index in [2.05, 4.69) is 15.4 Å². The molecule has 6 nitrogen and oxygen atoms in total. The average molecular weight is 415 g/mol. The van der Waals surface area contributed by atoms with Crippen molar-refractivity contribution in [3.05, 3.63) is 58.9 Å². The lowest BCUT2D eigenvalue weighted by Crippen LogP contribution is -2.44. The minimum Gasteiger partial charge on any atom is -0.494 e. The number of hydrogen-bond donors (Lipinski definition) is 1. The minimum atomic E-state index is -0.346. The van der Waals surface area contributed by atoms with Crippen LogP contribution in [0.2, 0.25) is 0 Å². The van der Waals surface area contributed by atoms with E-state index in [1.54, 1.807) is 12.1 Å². The molecule has 1 saturated heterocycles. The fourth-order valence-corrected chi connectivity index (χ4v) is 4.15. The van der Waals surface area contributed by atoms with Gasteiger partial charge in [0.2, 0.25) is 0 Å². The number of aromatic nitrogens is 1. The molecule has 0 spiro atoms. The fraction of sp³-hybridized carbons (Fsp3) is 0.333. The average Bonchev–Trinajstić information content (AvgIpc) is 3.41. The summed E-state index contributed by atoms with van der Waals surface area (Å²) >= 11 is 1.54. The summed E-state index contributed by atoms with van der Waals surface area (Å²) in [6.45, 7) is 2.34. The molecule has 152 valence electrons. The second-order valence-electron chi connectivity index (χ2n) is 7.05. The normalized spacial score (nSPS) is 15.4. The van der Waals surface area contributed by atoms with Crippen molar-refractivity contribution in [3.63, 3.8) is 0 Å². The number of rotatable bonds is 6. The number of hydrogen-bond acceptors (Lipinski definition) is 6. The summed E-state index contributed by atoms with van der Waals surface area (Å²) in [5.74, 6) is 0.297. The zero-order valence-electron chi connectivity index (χ0n) is 16.1. The number of carbonyl (C=O) groups is 1. The molecule has 0 bridgehead atoms. The van der Waals surface area contributed by atoms with Crippen LogP contribution in [0.5, 0.6) is 5.75 Å². The third-order valence-electron chi connectivity index (χ3n) is 5.05. The molecule has 3 aromatic rings. The molecule has 1 amide bonds. The highest BCUT2D eigenvalue weighted by molar-refractivity contribution is 7.13. The molecule has 8 heteroatoms. The third-order valence-corrected chi connectivity index (χ3v) is 5.94. The van der Waals surface area contributed by atoms with Gasteiger partial charge in [0.25, 0.3) is 5.91 Å². The highest BCUT2D eigenvalue weighted by Gasteiger charge is 2.23. The Labute approximate surface area is 172 Å². The van der Waals surface area contributed by atoms with Crippen molar-refractivity contribution in [3.8, 4) is 16.4 Å². The highest BCUT2D eigenvalue weighted by Crippen LogP contribution is 2.25. The first kappa shape index (κ1) is 19.6. The Morgan fingerprint density at radius 3 is 2.86 bits per heavy atom.